The number of nitrogens with zero attached hydrogens (tertiary/aromatic N) is 2. The smallest absolute Gasteiger partial charge is 0.224 e. The second-order valence-corrected chi connectivity index (χ2v) is 4.86. The van der Waals surface area contributed by atoms with E-state index in [-0.39, 0.29) is 17.6 Å². The minimum atomic E-state index is 0.00142. The van der Waals surface area contributed by atoms with Gasteiger partial charge in [0.15, 0.2) is 5.78 Å². The van der Waals surface area contributed by atoms with Crippen LogP contribution in [0, 0.1) is 5.92 Å². The molecule has 1 aliphatic rings. The van der Waals surface area contributed by atoms with Crippen LogP contribution >= 0.6 is 0 Å². The number of pyridine rings is 1. The molecule has 102 valence electrons. The SMILES string of the molecule is CNC(=O)C1CCCN(c2cc(C(C)=O)ccn2)C1. The second-order valence-electron chi connectivity index (χ2n) is 4.86. The molecule has 0 aromatic carbocycles. The molecule has 1 saturated heterocycles. The van der Waals surface area contributed by atoms with Gasteiger partial charge in [0.05, 0.1) is 5.92 Å². The van der Waals surface area contributed by atoms with Crippen LogP contribution in [0.1, 0.15) is 30.1 Å². The predicted octanol–water partition coefficient (Wildman–Crippen LogP) is 1.25. The van der Waals surface area contributed by atoms with Crippen LogP contribution < -0.4 is 10.2 Å². The molecule has 1 unspecified atom stereocenters. The summed E-state index contributed by atoms with van der Waals surface area (Å²) < 4.78 is 0. The summed E-state index contributed by atoms with van der Waals surface area (Å²) in [4.78, 5) is 29.5. The van der Waals surface area contributed by atoms with Gasteiger partial charge < -0.3 is 10.2 Å². The lowest BCUT2D eigenvalue weighted by molar-refractivity contribution is -0.124. The Labute approximate surface area is 113 Å². The fraction of sp³-hybridized carbons (Fsp3) is 0.500. The lowest BCUT2D eigenvalue weighted by Crippen LogP contribution is -2.42. The van der Waals surface area contributed by atoms with Crippen molar-refractivity contribution in [3.8, 4) is 0 Å². The third kappa shape index (κ3) is 3.10. The number of carbonyl (C=O) groups is 2. The van der Waals surface area contributed by atoms with Crippen molar-refractivity contribution in [1.82, 2.24) is 10.3 Å². The fourth-order valence-electron chi connectivity index (χ4n) is 2.41. The average molecular weight is 261 g/mol. The van der Waals surface area contributed by atoms with E-state index >= 15 is 0 Å². The van der Waals surface area contributed by atoms with E-state index in [0.717, 1.165) is 25.2 Å². The Morgan fingerprint density at radius 1 is 1.47 bits per heavy atom. The maximum atomic E-state index is 11.7. The lowest BCUT2D eigenvalue weighted by Gasteiger charge is -2.32. The summed E-state index contributed by atoms with van der Waals surface area (Å²) in [6.45, 7) is 3.08. The van der Waals surface area contributed by atoms with Crippen LogP contribution in [-0.2, 0) is 4.79 Å². The van der Waals surface area contributed by atoms with Crippen molar-refractivity contribution < 1.29 is 9.59 Å². The van der Waals surface area contributed by atoms with Crippen LogP contribution in [0.3, 0.4) is 0 Å². The molecule has 0 aliphatic carbocycles. The van der Waals surface area contributed by atoms with E-state index in [1.165, 1.54) is 0 Å². The van der Waals surface area contributed by atoms with E-state index in [1.807, 2.05) is 0 Å². The van der Waals surface area contributed by atoms with Gasteiger partial charge in [0, 0.05) is 31.9 Å². The van der Waals surface area contributed by atoms with Crippen LogP contribution in [0.15, 0.2) is 18.3 Å². The van der Waals surface area contributed by atoms with Crippen LogP contribution in [0.4, 0.5) is 5.82 Å². The molecule has 1 aromatic rings. The molecule has 5 nitrogen and oxygen atoms in total. The number of rotatable bonds is 3. The Bertz CT molecular complexity index is 487. The van der Waals surface area contributed by atoms with Gasteiger partial charge in [-0.25, -0.2) is 4.98 Å². The Morgan fingerprint density at radius 3 is 2.95 bits per heavy atom. The molecular formula is C14H19N3O2. The quantitative estimate of drug-likeness (QED) is 0.832. The minimum absolute atomic E-state index is 0.00142. The molecule has 1 aliphatic heterocycles. The molecule has 1 aromatic heterocycles. The summed E-state index contributed by atoms with van der Waals surface area (Å²) in [5.74, 6) is 0.888. The zero-order chi connectivity index (χ0) is 13.8. The number of carbonyl (C=O) groups excluding carboxylic acids is 2. The van der Waals surface area contributed by atoms with Crippen LogP contribution in [0.2, 0.25) is 0 Å². The van der Waals surface area contributed by atoms with Crippen molar-refractivity contribution in [1.29, 1.82) is 0 Å². The van der Waals surface area contributed by atoms with Gasteiger partial charge in [-0.3, -0.25) is 9.59 Å². The van der Waals surface area contributed by atoms with Crippen molar-refractivity contribution in [3.63, 3.8) is 0 Å². The van der Waals surface area contributed by atoms with E-state index in [1.54, 1.807) is 32.3 Å². The first-order valence-electron chi connectivity index (χ1n) is 6.55. The zero-order valence-electron chi connectivity index (χ0n) is 11.3. The van der Waals surface area contributed by atoms with Gasteiger partial charge in [0.25, 0.3) is 0 Å². The van der Waals surface area contributed by atoms with Gasteiger partial charge in [-0.1, -0.05) is 0 Å². The number of anilines is 1. The number of ketones is 1. The largest absolute Gasteiger partial charge is 0.359 e. The lowest BCUT2D eigenvalue weighted by atomic mass is 9.97. The van der Waals surface area contributed by atoms with Crippen LogP contribution in [0.25, 0.3) is 0 Å². The highest BCUT2D eigenvalue weighted by atomic mass is 16.1. The molecule has 1 fully saturated rings. The summed E-state index contributed by atoms with van der Waals surface area (Å²) in [5.41, 5.74) is 0.659. The second kappa shape index (κ2) is 5.82. The summed E-state index contributed by atoms with van der Waals surface area (Å²) in [6.07, 6.45) is 3.52. The van der Waals surface area contributed by atoms with Gasteiger partial charge in [0.2, 0.25) is 5.91 Å². The van der Waals surface area contributed by atoms with Gasteiger partial charge in [-0.15, -0.1) is 0 Å². The van der Waals surface area contributed by atoms with Crippen molar-refractivity contribution in [2.24, 2.45) is 5.92 Å². The zero-order valence-corrected chi connectivity index (χ0v) is 11.3. The molecule has 1 atom stereocenters. The molecular weight excluding hydrogens is 242 g/mol. The highest BCUT2D eigenvalue weighted by molar-refractivity contribution is 5.94. The molecule has 0 radical (unpaired) electrons. The first-order valence-corrected chi connectivity index (χ1v) is 6.55. The van der Waals surface area contributed by atoms with Gasteiger partial charge >= 0.3 is 0 Å². The Hall–Kier alpha value is -1.91. The third-order valence-electron chi connectivity index (χ3n) is 3.51. The molecule has 0 saturated carbocycles. The molecule has 5 heteroatoms. The van der Waals surface area contributed by atoms with E-state index in [2.05, 4.69) is 15.2 Å². The van der Waals surface area contributed by atoms with Gasteiger partial charge in [-0.05, 0) is 31.9 Å². The predicted molar refractivity (Wildman–Crippen MR) is 73.2 cm³/mol. The van der Waals surface area contributed by atoms with Crippen LogP contribution in [0.5, 0.6) is 0 Å². The number of amides is 1. The first-order chi connectivity index (χ1) is 9.11. The number of hydrogen-bond acceptors (Lipinski definition) is 4. The number of aromatic nitrogens is 1. The van der Waals surface area contributed by atoms with Crippen molar-refractivity contribution in [3.05, 3.63) is 23.9 Å². The van der Waals surface area contributed by atoms with Crippen molar-refractivity contribution in [2.45, 2.75) is 19.8 Å². The summed E-state index contributed by atoms with van der Waals surface area (Å²) in [7, 11) is 1.66. The average Bonchev–Trinajstić information content (AvgIpc) is 2.46. The highest BCUT2D eigenvalue weighted by Crippen LogP contribution is 2.22. The molecule has 2 heterocycles. The first kappa shape index (κ1) is 13.5. The monoisotopic (exact) mass is 261 g/mol. The topological polar surface area (TPSA) is 62.3 Å². The standard InChI is InChI=1S/C14H19N3O2/c1-10(18)11-5-6-16-13(8-11)17-7-3-4-12(9-17)14(19)15-2/h5-6,8,12H,3-4,7,9H2,1-2H3,(H,15,19). The third-order valence-corrected chi connectivity index (χ3v) is 3.51. The summed E-state index contributed by atoms with van der Waals surface area (Å²) in [6, 6.07) is 3.51. The Kier molecular flexibility index (Phi) is 4.14. The van der Waals surface area contributed by atoms with E-state index < -0.39 is 0 Å². The maximum absolute atomic E-state index is 11.7. The molecule has 1 amide bonds. The van der Waals surface area contributed by atoms with E-state index in [0.29, 0.717) is 12.1 Å². The minimum Gasteiger partial charge on any atom is -0.359 e. The van der Waals surface area contributed by atoms with Crippen molar-refractivity contribution >= 4 is 17.5 Å². The molecule has 19 heavy (non-hydrogen) atoms. The van der Waals surface area contributed by atoms with Crippen molar-refractivity contribution in [2.75, 3.05) is 25.0 Å². The molecule has 0 bridgehead atoms. The highest BCUT2D eigenvalue weighted by Gasteiger charge is 2.25. The Balaban J connectivity index is 2.15. The summed E-state index contributed by atoms with van der Waals surface area (Å²) in [5, 5.41) is 2.70. The van der Waals surface area contributed by atoms with E-state index in [4.69, 9.17) is 0 Å². The maximum Gasteiger partial charge on any atom is 0.224 e. The Morgan fingerprint density at radius 2 is 2.26 bits per heavy atom. The number of piperidine rings is 1. The van der Waals surface area contributed by atoms with Crippen LogP contribution in [-0.4, -0.2) is 36.8 Å². The fourth-order valence-corrected chi connectivity index (χ4v) is 2.41. The molecule has 0 spiro atoms. The number of nitrogens with one attached hydrogen (secondary N) is 1. The number of Topliss-reactive ketones (excluding diaryl/α,β-unsaturated/α-hetero) is 1. The molecule has 1 N–H and O–H groups in total. The normalized spacial score (nSPS) is 19.1. The number of hydrogen-bond donors (Lipinski definition) is 1. The summed E-state index contributed by atoms with van der Waals surface area (Å²) >= 11 is 0. The van der Waals surface area contributed by atoms with E-state index in [9.17, 15) is 9.59 Å². The van der Waals surface area contributed by atoms with Gasteiger partial charge in [0.1, 0.15) is 5.82 Å². The van der Waals surface area contributed by atoms with Gasteiger partial charge in [-0.2, -0.15) is 0 Å². The molecule has 2 rings (SSSR count).